The van der Waals surface area contributed by atoms with Gasteiger partial charge in [-0.15, -0.1) is 0 Å². The number of ether oxygens (including phenoxy) is 1. The molecule has 0 aliphatic heterocycles. The molecular weight excluding hydrogens is 246 g/mol. The van der Waals surface area contributed by atoms with Gasteiger partial charge in [0.25, 0.3) is 0 Å². The van der Waals surface area contributed by atoms with Crippen LogP contribution in [0.5, 0.6) is 0 Å². The smallest absolute Gasteiger partial charge is 0.312 e. The topological polar surface area (TPSA) is 70.2 Å². The molecule has 0 spiro atoms. The minimum Gasteiger partial charge on any atom is -0.378 e. The maximum absolute atomic E-state index is 10.9. The van der Waals surface area contributed by atoms with E-state index in [1.165, 1.54) is 18.9 Å². The number of nitro groups is 1. The van der Waals surface area contributed by atoms with E-state index >= 15 is 0 Å². The summed E-state index contributed by atoms with van der Waals surface area (Å²) in [5, 5.41) is 15.1. The Morgan fingerprint density at radius 2 is 2.11 bits per heavy atom. The van der Waals surface area contributed by atoms with Crippen molar-refractivity contribution in [2.24, 2.45) is 0 Å². The maximum Gasteiger partial charge on any atom is 0.312 e. The van der Waals surface area contributed by atoms with Gasteiger partial charge in [0.1, 0.15) is 6.20 Å². The van der Waals surface area contributed by atoms with Gasteiger partial charge in [-0.05, 0) is 12.0 Å². The van der Waals surface area contributed by atoms with E-state index in [2.05, 4.69) is 5.10 Å². The molecule has 100 valence electrons. The van der Waals surface area contributed by atoms with Crippen molar-refractivity contribution in [2.45, 2.75) is 19.6 Å². The van der Waals surface area contributed by atoms with E-state index in [0.717, 1.165) is 6.42 Å². The van der Waals surface area contributed by atoms with Crippen LogP contribution in [-0.2, 0) is 24.3 Å². The second kappa shape index (κ2) is 6.10. The zero-order valence-electron chi connectivity index (χ0n) is 10.7. The van der Waals surface area contributed by atoms with E-state index in [4.69, 9.17) is 4.74 Å². The molecule has 19 heavy (non-hydrogen) atoms. The largest absolute Gasteiger partial charge is 0.378 e. The molecule has 1 aromatic heterocycles. The Labute approximate surface area is 110 Å². The second-order valence-electron chi connectivity index (χ2n) is 4.15. The summed E-state index contributed by atoms with van der Waals surface area (Å²) in [6.07, 6.45) is 2.24. The molecule has 0 unspecified atom stereocenters. The monoisotopic (exact) mass is 261 g/mol. The van der Waals surface area contributed by atoms with Gasteiger partial charge in [0.05, 0.1) is 11.5 Å². The molecule has 0 radical (unpaired) electrons. The standard InChI is InChI=1S/C13H15N3O3/c1-19-10-12-13(16(17)18)9-15(14-12)8-7-11-5-3-2-4-6-11/h2-6,9H,7-8,10H2,1H3. The highest BCUT2D eigenvalue weighted by atomic mass is 16.6. The zero-order valence-corrected chi connectivity index (χ0v) is 10.7. The highest BCUT2D eigenvalue weighted by Crippen LogP contribution is 2.17. The molecule has 0 aliphatic rings. The number of hydrogen-bond donors (Lipinski definition) is 0. The van der Waals surface area contributed by atoms with E-state index < -0.39 is 4.92 Å². The van der Waals surface area contributed by atoms with E-state index in [9.17, 15) is 10.1 Å². The molecule has 0 saturated heterocycles. The summed E-state index contributed by atoms with van der Waals surface area (Å²) in [6, 6.07) is 9.94. The molecule has 0 bridgehead atoms. The molecule has 6 nitrogen and oxygen atoms in total. The Hall–Kier alpha value is -2.21. The van der Waals surface area contributed by atoms with Crippen LogP contribution < -0.4 is 0 Å². The summed E-state index contributed by atoms with van der Waals surface area (Å²) < 4.78 is 6.51. The maximum atomic E-state index is 10.9. The summed E-state index contributed by atoms with van der Waals surface area (Å²) in [5.74, 6) is 0. The first-order chi connectivity index (χ1) is 9.20. The van der Waals surface area contributed by atoms with Crippen molar-refractivity contribution in [1.82, 2.24) is 9.78 Å². The van der Waals surface area contributed by atoms with Crippen LogP contribution in [0.3, 0.4) is 0 Å². The van der Waals surface area contributed by atoms with Gasteiger partial charge in [-0.1, -0.05) is 30.3 Å². The first-order valence-corrected chi connectivity index (χ1v) is 5.94. The molecular formula is C13H15N3O3. The number of hydrogen-bond acceptors (Lipinski definition) is 4. The second-order valence-corrected chi connectivity index (χ2v) is 4.15. The number of benzene rings is 1. The van der Waals surface area contributed by atoms with Crippen LogP contribution in [0.25, 0.3) is 0 Å². The predicted octanol–water partition coefficient (Wildman–Crippen LogP) is 2.18. The SMILES string of the molecule is COCc1nn(CCc2ccccc2)cc1[N+](=O)[O-]. The molecule has 0 amide bonds. The van der Waals surface area contributed by atoms with Crippen LogP contribution in [0.2, 0.25) is 0 Å². The summed E-state index contributed by atoms with van der Waals surface area (Å²) in [7, 11) is 1.49. The lowest BCUT2D eigenvalue weighted by Crippen LogP contribution is -2.02. The fourth-order valence-corrected chi connectivity index (χ4v) is 1.85. The lowest BCUT2D eigenvalue weighted by Gasteiger charge is -2.01. The third-order valence-electron chi connectivity index (χ3n) is 2.77. The Kier molecular flexibility index (Phi) is 4.25. The molecule has 2 rings (SSSR count). The fraction of sp³-hybridized carbons (Fsp3) is 0.308. The number of methoxy groups -OCH3 is 1. The molecule has 0 aliphatic carbocycles. The Balaban J connectivity index is 2.08. The summed E-state index contributed by atoms with van der Waals surface area (Å²) >= 11 is 0. The molecule has 6 heteroatoms. The first kappa shape index (κ1) is 13.2. The van der Waals surface area contributed by atoms with Crippen molar-refractivity contribution in [3.05, 3.63) is 57.9 Å². The average Bonchev–Trinajstić information content (AvgIpc) is 2.81. The van der Waals surface area contributed by atoms with Crippen LogP contribution in [0.1, 0.15) is 11.3 Å². The van der Waals surface area contributed by atoms with Crippen molar-refractivity contribution >= 4 is 5.69 Å². The highest BCUT2D eigenvalue weighted by Gasteiger charge is 2.18. The van der Waals surface area contributed by atoms with E-state index in [1.54, 1.807) is 4.68 Å². The van der Waals surface area contributed by atoms with Gasteiger partial charge in [0, 0.05) is 13.7 Å². The van der Waals surface area contributed by atoms with Gasteiger partial charge in [0.15, 0.2) is 5.69 Å². The number of aromatic nitrogens is 2. The third-order valence-corrected chi connectivity index (χ3v) is 2.77. The van der Waals surface area contributed by atoms with Gasteiger partial charge < -0.3 is 4.74 Å². The van der Waals surface area contributed by atoms with Gasteiger partial charge >= 0.3 is 5.69 Å². The van der Waals surface area contributed by atoms with Crippen LogP contribution in [0, 0.1) is 10.1 Å². The Morgan fingerprint density at radius 1 is 1.37 bits per heavy atom. The molecule has 1 heterocycles. The molecule has 0 fully saturated rings. The van der Waals surface area contributed by atoms with Gasteiger partial charge in [-0.25, -0.2) is 0 Å². The van der Waals surface area contributed by atoms with Crippen LogP contribution in [-0.4, -0.2) is 21.8 Å². The molecule has 0 atom stereocenters. The molecule has 2 aromatic rings. The summed E-state index contributed by atoms with van der Waals surface area (Å²) in [6.45, 7) is 0.753. The minimum absolute atomic E-state index is 0.00918. The van der Waals surface area contributed by atoms with Gasteiger partial charge in [-0.2, -0.15) is 5.10 Å². The predicted molar refractivity (Wildman–Crippen MR) is 69.7 cm³/mol. The summed E-state index contributed by atoms with van der Waals surface area (Å²) in [4.78, 5) is 10.5. The van der Waals surface area contributed by atoms with Crippen molar-refractivity contribution in [2.75, 3.05) is 7.11 Å². The Morgan fingerprint density at radius 3 is 2.74 bits per heavy atom. The van der Waals surface area contributed by atoms with Gasteiger partial charge in [0.2, 0.25) is 0 Å². The summed E-state index contributed by atoms with van der Waals surface area (Å²) in [5.41, 5.74) is 1.55. The van der Waals surface area contributed by atoms with Gasteiger partial charge in [-0.3, -0.25) is 14.8 Å². The number of rotatable bonds is 6. The first-order valence-electron chi connectivity index (χ1n) is 5.94. The molecule has 1 aromatic carbocycles. The molecule has 0 saturated carbocycles. The van der Waals surface area contributed by atoms with E-state index in [1.807, 2.05) is 30.3 Å². The number of nitrogens with zero attached hydrogens (tertiary/aromatic N) is 3. The normalized spacial score (nSPS) is 10.6. The van der Waals surface area contributed by atoms with E-state index in [-0.39, 0.29) is 12.3 Å². The van der Waals surface area contributed by atoms with Crippen molar-refractivity contribution in [1.29, 1.82) is 0 Å². The van der Waals surface area contributed by atoms with Crippen LogP contribution in [0.4, 0.5) is 5.69 Å². The quantitative estimate of drug-likeness (QED) is 0.590. The fourth-order valence-electron chi connectivity index (χ4n) is 1.85. The van der Waals surface area contributed by atoms with Crippen LogP contribution in [0.15, 0.2) is 36.5 Å². The van der Waals surface area contributed by atoms with Crippen molar-refractivity contribution in [3.8, 4) is 0 Å². The van der Waals surface area contributed by atoms with E-state index in [0.29, 0.717) is 12.2 Å². The average molecular weight is 261 g/mol. The highest BCUT2D eigenvalue weighted by molar-refractivity contribution is 5.32. The zero-order chi connectivity index (χ0) is 13.7. The lowest BCUT2D eigenvalue weighted by molar-refractivity contribution is -0.386. The third kappa shape index (κ3) is 3.38. The van der Waals surface area contributed by atoms with Crippen molar-refractivity contribution < 1.29 is 9.66 Å². The lowest BCUT2D eigenvalue weighted by atomic mass is 10.1. The minimum atomic E-state index is -0.430. The molecule has 0 N–H and O–H groups in total. The number of aryl methyl sites for hydroxylation is 2. The Bertz CT molecular complexity index is 552. The van der Waals surface area contributed by atoms with Crippen LogP contribution >= 0.6 is 0 Å². The van der Waals surface area contributed by atoms with Crippen molar-refractivity contribution in [3.63, 3.8) is 0 Å².